The molecule has 4 aromatic rings. The molecule has 7 nitrogen and oxygen atoms in total. The van der Waals surface area contributed by atoms with Gasteiger partial charge in [0.2, 0.25) is 0 Å². The monoisotopic (exact) mass is 571 g/mol. The fourth-order valence-corrected chi connectivity index (χ4v) is 7.05. The van der Waals surface area contributed by atoms with Crippen molar-refractivity contribution in [1.82, 2.24) is 14.5 Å². The van der Waals surface area contributed by atoms with Gasteiger partial charge in [-0.3, -0.25) is 14.5 Å². The summed E-state index contributed by atoms with van der Waals surface area (Å²) in [7, 11) is 3.73. The van der Waals surface area contributed by atoms with Gasteiger partial charge in [0.1, 0.15) is 5.82 Å². The second-order valence-corrected chi connectivity index (χ2v) is 12.6. The lowest BCUT2D eigenvalue weighted by molar-refractivity contribution is 0.103. The number of nitrogens with zero attached hydrogens (tertiary/aromatic N) is 3. The second kappa shape index (κ2) is 10.9. The zero-order valence-electron chi connectivity index (χ0n) is 23.7. The number of rotatable bonds is 8. The van der Waals surface area contributed by atoms with Gasteiger partial charge in [-0.15, -0.1) is 11.3 Å². The molecule has 2 aromatic carbocycles. The minimum Gasteiger partial charge on any atom is -0.336 e. The van der Waals surface area contributed by atoms with Crippen molar-refractivity contribution in [2.45, 2.75) is 57.5 Å². The summed E-state index contributed by atoms with van der Waals surface area (Å²) in [6, 6.07) is 14.8. The molecule has 2 aromatic heterocycles. The fourth-order valence-electron chi connectivity index (χ4n) is 5.76. The van der Waals surface area contributed by atoms with Crippen LogP contribution in [-0.2, 0) is 13.6 Å². The van der Waals surface area contributed by atoms with E-state index >= 15 is 0 Å². The molecule has 0 aliphatic heterocycles. The second-order valence-electron chi connectivity index (χ2n) is 11.5. The average molecular weight is 572 g/mol. The van der Waals surface area contributed by atoms with Crippen molar-refractivity contribution >= 4 is 34.4 Å². The van der Waals surface area contributed by atoms with Crippen LogP contribution in [0.4, 0.5) is 21.6 Å². The van der Waals surface area contributed by atoms with Crippen LogP contribution in [0.25, 0.3) is 11.3 Å². The first-order chi connectivity index (χ1) is 19.7. The summed E-state index contributed by atoms with van der Waals surface area (Å²) in [5.74, 6) is 0.465. The normalized spacial score (nSPS) is 17.3. The smallest absolute Gasteiger partial charge is 0.293 e. The summed E-state index contributed by atoms with van der Waals surface area (Å²) >= 11 is 1.53. The van der Waals surface area contributed by atoms with E-state index < -0.39 is 5.82 Å². The lowest BCUT2D eigenvalue weighted by Gasteiger charge is -2.21. The van der Waals surface area contributed by atoms with Crippen LogP contribution in [0.15, 0.2) is 59.5 Å². The maximum absolute atomic E-state index is 14.8. The highest BCUT2D eigenvalue weighted by Gasteiger charge is 2.39. The van der Waals surface area contributed by atoms with E-state index in [1.54, 1.807) is 25.4 Å². The Hall–Kier alpha value is -3.82. The molecule has 6 rings (SSSR count). The van der Waals surface area contributed by atoms with Gasteiger partial charge in [-0.1, -0.05) is 12.1 Å². The van der Waals surface area contributed by atoms with E-state index in [2.05, 4.69) is 41.4 Å². The Morgan fingerprint density at radius 2 is 1.90 bits per heavy atom. The summed E-state index contributed by atoms with van der Waals surface area (Å²) in [6.45, 7) is 5.13. The first-order valence-electron chi connectivity index (χ1n) is 14.0. The number of anilines is 3. The Labute approximate surface area is 243 Å². The van der Waals surface area contributed by atoms with E-state index in [-0.39, 0.29) is 23.0 Å². The van der Waals surface area contributed by atoms with Crippen molar-refractivity contribution in [2.75, 3.05) is 17.7 Å². The molecule has 2 atom stereocenters. The van der Waals surface area contributed by atoms with Crippen molar-refractivity contribution < 1.29 is 9.18 Å². The van der Waals surface area contributed by atoms with Gasteiger partial charge in [0, 0.05) is 42.0 Å². The van der Waals surface area contributed by atoms with Crippen LogP contribution in [0.2, 0.25) is 0 Å². The Morgan fingerprint density at radius 1 is 1.15 bits per heavy atom. The van der Waals surface area contributed by atoms with Crippen molar-refractivity contribution in [1.29, 1.82) is 0 Å². The van der Waals surface area contributed by atoms with E-state index in [4.69, 9.17) is 0 Å². The maximum Gasteiger partial charge on any atom is 0.293 e. The van der Waals surface area contributed by atoms with Gasteiger partial charge >= 0.3 is 0 Å². The molecule has 2 unspecified atom stereocenters. The first-order valence-corrected chi connectivity index (χ1v) is 14.9. The third-order valence-electron chi connectivity index (χ3n) is 8.37. The highest BCUT2D eigenvalue weighted by atomic mass is 32.1. The van der Waals surface area contributed by atoms with Crippen molar-refractivity contribution in [2.24, 2.45) is 7.05 Å². The van der Waals surface area contributed by atoms with E-state index in [1.807, 2.05) is 30.3 Å². The predicted molar refractivity (Wildman–Crippen MR) is 163 cm³/mol. The molecular formula is C32H34FN5O2S. The van der Waals surface area contributed by atoms with Crippen LogP contribution in [0.3, 0.4) is 0 Å². The van der Waals surface area contributed by atoms with Gasteiger partial charge in [-0.2, -0.15) is 0 Å². The highest BCUT2D eigenvalue weighted by molar-refractivity contribution is 7.14. The molecule has 9 heteroatoms. The molecule has 0 radical (unpaired) electrons. The Balaban J connectivity index is 1.22. The van der Waals surface area contributed by atoms with E-state index in [0.717, 1.165) is 12.2 Å². The van der Waals surface area contributed by atoms with Gasteiger partial charge in [-0.25, -0.2) is 9.37 Å². The number of nitrogens with one attached hydrogen (secondary N) is 2. The van der Waals surface area contributed by atoms with E-state index in [1.165, 1.54) is 57.2 Å². The number of benzene rings is 2. The zero-order chi connectivity index (χ0) is 28.8. The number of thiophene rings is 1. The van der Waals surface area contributed by atoms with Gasteiger partial charge in [0.15, 0.2) is 5.82 Å². The number of fused-ring (bicyclic) bond motifs is 5. The fraction of sp³-hybridized carbons (Fsp3) is 0.344. The number of carbonyl (C=O) groups is 1. The third kappa shape index (κ3) is 5.44. The van der Waals surface area contributed by atoms with Crippen LogP contribution >= 0.6 is 11.3 Å². The van der Waals surface area contributed by atoms with Crippen LogP contribution in [-0.4, -0.2) is 33.4 Å². The zero-order valence-corrected chi connectivity index (χ0v) is 24.5. The molecule has 2 aliphatic carbocycles. The molecular weight excluding hydrogens is 537 g/mol. The van der Waals surface area contributed by atoms with E-state index in [0.29, 0.717) is 34.0 Å². The van der Waals surface area contributed by atoms with Gasteiger partial charge in [0.05, 0.1) is 16.3 Å². The summed E-state index contributed by atoms with van der Waals surface area (Å²) in [4.78, 5) is 34.7. The molecule has 0 spiro atoms. The van der Waals surface area contributed by atoms with E-state index in [9.17, 15) is 14.0 Å². The lowest BCUT2D eigenvalue weighted by Crippen LogP contribution is -2.25. The summed E-state index contributed by atoms with van der Waals surface area (Å²) in [5.41, 5.74) is 4.07. The topological polar surface area (TPSA) is 79.3 Å². The minimum absolute atomic E-state index is 0.0798. The SMILES string of the molecule is CC(C)N(C)Cc1ccc(Nc2nc(-c3ccc(F)c(NC(=O)c4cc5c(s4)C4CCC5C4)c3)cn(C)c2=O)cc1. The largest absolute Gasteiger partial charge is 0.336 e. The molecule has 1 saturated carbocycles. The average Bonchev–Trinajstić information content (AvgIpc) is 3.68. The molecule has 2 heterocycles. The maximum atomic E-state index is 14.8. The molecule has 0 saturated heterocycles. The van der Waals surface area contributed by atoms with Crippen LogP contribution in [0.5, 0.6) is 0 Å². The molecule has 2 N–H and O–H groups in total. The quantitative estimate of drug-likeness (QED) is 0.242. The predicted octanol–water partition coefficient (Wildman–Crippen LogP) is 6.85. The number of carbonyl (C=O) groups excluding carboxylic acids is 1. The minimum atomic E-state index is -0.530. The van der Waals surface area contributed by atoms with Crippen molar-refractivity contribution in [3.05, 3.63) is 91.8 Å². The van der Waals surface area contributed by atoms with Crippen LogP contribution in [0, 0.1) is 5.82 Å². The third-order valence-corrected chi connectivity index (χ3v) is 9.68. The Kier molecular flexibility index (Phi) is 7.25. The number of amides is 1. The summed E-state index contributed by atoms with van der Waals surface area (Å²) in [6.07, 6.45) is 5.19. The standard InChI is InChI=1S/C32H34FN5O2S/c1-18(2)37(3)16-19-5-10-23(11-6-19)34-30-32(40)38(4)17-27(35-30)21-9-12-25(33)26(14-21)36-31(39)28-15-24-20-7-8-22(13-20)29(24)41-28/h5-6,9-12,14-15,17-18,20,22H,7-8,13,16H2,1-4H3,(H,34,35)(H,36,39). The summed E-state index contributed by atoms with van der Waals surface area (Å²) in [5, 5.41) is 5.90. The van der Waals surface area contributed by atoms with Crippen molar-refractivity contribution in [3.63, 3.8) is 0 Å². The molecule has 1 fully saturated rings. The van der Waals surface area contributed by atoms with Crippen LogP contribution < -0.4 is 16.2 Å². The number of aryl methyl sites for hydroxylation is 1. The molecule has 2 bridgehead atoms. The van der Waals surface area contributed by atoms with Gasteiger partial charge in [0.25, 0.3) is 11.5 Å². The Morgan fingerprint density at radius 3 is 2.63 bits per heavy atom. The van der Waals surface area contributed by atoms with Crippen LogP contribution in [0.1, 0.15) is 70.6 Å². The molecule has 41 heavy (non-hydrogen) atoms. The molecule has 1 amide bonds. The number of aromatic nitrogens is 2. The molecule has 212 valence electrons. The van der Waals surface area contributed by atoms with Crippen molar-refractivity contribution in [3.8, 4) is 11.3 Å². The first kappa shape index (κ1) is 27.4. The number of halogens is 1. The van der Waals surface area contributed by atoms with Gasteiger partial charge < -0.3 is 15.2 Å². The molecule has 2 aliphatic rings. The number of hydrogen-bond donors (Lipinski definition) is 2. The lowest BCUT2D eigenvalue weighted by atomic mass is 9.99. The summed E-state index contributed by atoms with van der Waals surface area (Å²) < 4.78 is 16.3. The highest BCUT2D eigenvalue weighted by Crippen LogP contribution is 2.55. The Bertz CT molecular complexity index is 1650. The van der Waals surface area contributed by atoms with Gasteiger partial charge in [-0.05, 0) is 99.5 Å². The number of hydrogen-bond acceptors (Lipinski definition) is 6.